The van der Waals surface area contributed by atoms with Crippen molar-refractivity contribution < 1.29 is 4.74 Å². The van der Waals surface area contributed by atoms with Crippen molar-refractivity contribution in [3.63, 3.8) is 0 Å². The van der Waals surface area contributed by atoms with Crippen LogP contribution in [0.15, 0.2) is 111 Å². The minimum Gasteiger partial charge on any atom is -0.489 e. The Kier molecular flexibility index (Phi) is 12.6. The molecule has 0 fully saturated rings. The molecule has 0 saturated heterocycles. The first kappa shape index (κ1) is 33.0. The Morgan fingerprint density at radius 3 is 2.18 bits per heavy atom. The lowest BCUT2D eigenvalue weighted by molar-refractivity contribution is 0.306. The number of aryl methyl sites for hydroxylation is 1. The van der Waals surface area contributed by atoms with Gasteiger partial charge in [0, 0.05) is 11.1 Å². The van der Waals surface area contributed by atoms with Gasteiger partial charge in [0.15, 0.2) is 5.84 Å². The van der Waals surface area contributed by atoms with Crippen molar-refractivity contribution in [2.45, 2.75) is 29.1 Å². The van der Waals surface area contributed by atoms with Gasteiger partial charge in [-0.25, -0.2) is 0 Å². The van der Waals surface area contributed by atoms with E-state index >= 15 is 0 Å². The molecule has 0 amide bonds. The summed E-state index contributed by atoms with van der Waals surface area (Å²) in [4.78, 5) is 2.79. The van der Waals surface area contributed by atoms with E-state index in [1.807, 2.05) is 84.4 Å². The number of nitrogens with one attached hydrogen (secondary N) is 3. The largest absolute Gasteiger partial charge is 0.489 e. The van der Waals surface area contributed by atoms with Crippen LogP contribution in [-0.2, 0) is 13.0 Å². The first-order valence-corrected chi connectivity index (χ1v) is 17.9. The van der Waals surface area contributed by atoms with Gasteiger partial charge in [0.1, 0.15) is 18.2 Å². The summed E-state index contributed by atoms with van der Waals surface area (Å²) in [5.74, 6) is 1.45. The maximum Gasteiger partial charge on any atom is 0.161 e. The van der Waals surface area contributed by atoms with E-state index in [0.29, 0.717) is 12.4 Å². The van der Waals surface area contributed by atoms with Gasteiger partial charge < -0.3 is 21.5 Å². The van der Waals surface area contributed by atoms with Gasteiger partial charge in [0.2, 0.25) is 0 Å². The van der Waals surface area contributed by atoms with Crippen LogP contribution in [0.3, 0.4) is 0 Å². The third-order valence-corrected chi connectivity index (χ3v) is 10.4. The molecule has 0 atom stereocenters. The number of nitrogens with zero attached hydrogens (tertiary/aromatic N) is 1. The SMILES string of the molecule is CCc1ccc(NN=C(N)c2ccc(SC)s2)cc1.CSc1c(Nc2ccc(OCc3ccccc3)cc2)csc1C(=N)N. The molecule has 7 N–H and O–H groups in total. The second kappa shape index (κ2) is 16.8. The number of nitrogen functional groups attached to an aromatic ring is 1. The average Bonchev–Trinajstić information content (AvgIpc) is 3.72. The fourth-order valence-corrected chi connectivity index (χ4v) is 7.21. The zero-order valence-corrected chi connectivity index (χ0v) is 28.1. The average molecular weight is 661 g/mol. The minimum atomic E-state index is 0.104. The second-order valence-corrected chi connectivity index (χ2v) is 13.2. The molecule has 3 aromatic carbocycles. The first-order valence-electron chi connectivity index (χ1n) is 13.8. The summed E-state index contributed by atoms with van der Waals surface area (Å²) < 4.78 is 7.04. The van der Waals surface area contributed by atoms with Crippen molar-refractivity contribution in [2.75, 3.05) is 23.3 Å². The van der Waals surface area contributed by atoms with Crippen LogP contribution in [0.2, 0.25) is 0 Å². The van der Waals surface area contributed by atoms with Crippen LogP contribution in [0.1, 0.15) is 27.8 Å². The Labute approximate surface area is 275 Å². The molecule has 2 heterocycles. The molecule has 0 radical (unpaired) electrons. The summed E-state index contributed by atoms with van der Waals surface area (Å²) in [5.41, 5.74) is 19.9. The fraction of sp³-hybridized carbons (Fsp3) is 0.152. The van der Waals surface area contributed by atoms with Crippen LogP contribution in [0.5, 0.6) is 5.75 Å². The van der Waals surface area contributed by atoms with E-state index in [1.165, 1.54) is 21.1 Å². The number of thioether (sulfide) groups is 2. The van der Waals surface area contributed by atoms with Gasteiger partial charge in [-0.1, -0.05) is 49.4 Å². The number of rotatable bonds is 12. The second-order valence-electron chi connectivity index (χ2n) is 9.33. The van der Waals surface area contributed by atoms with E-state index in [9.17, 15) is 0 Å². The fourth-order valence-electron chi connectivity index (χ4n) is 3.92. The van der Waals surface area contributed by atoms with Gasteiger partial charge in [0.05, 0.1) is 30.2 Å². The Morgan fingerprint density at radius 2 is 1.57 bits per heavy atom. The van der Waals surface area contributed by atoms with Crippen LogP contribution >= 0.6 is 46.2 Å². The molecule has 5 aromatic rings. The van der Waals surface area contributed by atoms with Crippen LogP contribution in [0.25, 0.3) is 0 Å². The minimum absolute atomic E-state index is 0.104. The highest BCUT2D eigenvalue weighted by atomic mass is 32.2. The van der Waals surface area contributed by atoms with Crippen LogP contribution < -0.4 is 26.9 Å². The molecule has 0 bridgehead atoms. The van der Waals surface area contributed by atoms with E-state index in [2.05, 4.69) is 47.2 Å². The van der Waals surface area contributed by atoms with E-state index in [-0.39, 0.29) is 5.84 Å². The third-order valence-electron chi connectivity index (χ3n) is 6.28. The van der Waals surface area contributed by atoms with Gasteiger partial charge in [-0.2, -0.15) is 5.10 Å². The summed E-state index contributed by atoms with van der Waals surface area (Å²) in [6.07, 6.45) is 5.08. The number of hydrogen-bond acceptors (Lipinski definition) is 9. The molecule has 2 aromatic heterocycles. The molecule has 5 rings (SSSR count). The van der Waals surface area contributed by atoms with Crippen molar-refractivity contribution in [1.29, 1.82) is 5.41 Å². The number of amidine groups is 2. The van der Waals surface area contributed by atoms with E-state index in [4.69, 9.17) is 21.6 Å². The molecular formula is C33H36N6OS4. The molecule has 0 unspecified atom stereocenters. The Morgan fingerprint density at radius 1 is 0.864 bits per heavy atom. The van der Waals surface area contributed by atoms with Crippen molar-refractivity contribution in [3.8, 4) is 5.75 Å². The highest BCUT2D eigenvalue weighted by Crippen LogP contribution is 2.36. The molecular weight excluding hydrogens is 625 g/mol. The molecule has 0 aliphatic rings. The van der Waals surface area contributed by atoms with Crippen molar-refractivity contribution in [2.24, 2.45) is 16.6 Å². The van der Waals surface area contributed by atoms with Crippen LogP contribution in [0, 0.1) is 5.41 Å². The lowest BCUT2D eigenvalue weighted by atomic mass is 10.2. The smallest absolute Gasteiger partial charge is 0.161 e. The standard InChI is InChI=1S/C19H19N3OS2.C14H17N3S2/c1-24-17-16(12-25-18(17)19(20)21)22-14-7-9-15(10-8-14)23-11-13-5-3-2-4-6-13;1-3-10-4-6-11(7-5-10)16-17-14(15)12-8-9-13(18-2)19-12/h2-10,12,22H,11H2,1H3,(H3,20,21);4-9,16H,3H2,1-2H3,(H2,15,17). The predicted octanol–water partition coefficient (Wildman–Crippen LogP) is 8.84. The maximum atomic E-state index is 7.65. The van der Waals surface area contributed by atoms with Gasteiger partial charge in [-0.3, -0.25) is 10.8 Å². The number of benzene rings is 3. The van der Waals surface area contributed by atoms with Crippen molar-refractivity contribution in [1.82, 2.24) is 0 Å². The summed E-state index contributed by atoms with van der Waals surface area (Å²) in [5, 5.41) is 17.2. The zero-order chi connectivity index (χ0) is 31.3. The number of hydrogen-bond donors (Lipinski definition) is 5. The predicted molar refractivity (Wildman–Crippen MR) is 194 cm³/mol. The maximum absolute atomic E-state index is 7.65. The Balaban J connectivity index is 0.000000209. The number of ether oxygens (including phenoxy) is 1. The molecule has 228 valence electrons. The van der Waals surface area contributed by atoms with E-state index in [1.54, 1.807) is 34.9 Å². The van der Waals surface area contributed by atoms with E-state index < -0.39 is 0 Å². The van der Waals surface area contributed by atoms with Gasteiger partial charge in [-0.15, -0.1) is 46.2 Å². The van der Waals surface area contributed by atoms with Crippen LogP contribution in [0.4, 0.5) is 17.1 Å². The number of thiophene rings is 2. The van der Waals surface area contributed by atoms with Crippen LogP contribution in [-0.4, -0.2) is 24.2 Å². The normalized spacial score (nSPS) is 10.9. The van der Waals surface area contributed by atoms with Gasteiger partial charge in [0.25, 0.3) is 0 Å². The lowest BCUT2D eigenvalue weighted by Gasteiger charge is -2.10. The van der Waals surface area contributed by atoms with Crippen molar-refractivity contribution in [3.05, 3.63) is 117 Å². The van der Waals surface area contributed by atoms with Gasteiger partial charge >= 0.3 is 0 Å². The summed E-state index contributed by atoms with van der Waals surface area (Å²) in [6, 6.07) is 30.2. The Bertz CT molecular complexity index is 1650. The van der Waals surface area contributed by atoms with Gasteiger partial charge in [-0.05, 0) is 78.6 Å². The molecule has 0 aliphatic heterocycles. The van der Waals surface area contributed by atoms with Crippen molar-refractivity contribution >= 4 is 74.9 Å². The zero-order valence-electron chi connectivity index (χ0n) is 24.8. The number of anilines is 3. The highest BCUT2D eigenvalue weighted by Gasteiger charge is 2.13. The summed E-state index contributed by atoms with van der Waals surface area (Å²) in [6.45, 7) is 2.69. The molecule has 11 heteroatoms. The molecule has 44 heavy (non-hydrogen) atoms. The third kappa shape index (κ3) is 9.55. The first-order chi connectivity index (χ1) is 21.4. The number of nitrogens with two attached hydrogens (primary N) is 2. The number of hydrazone groups is 1. The molecule has 0 aliphatic carbocycles. The highest BCUT2D eigenvalue weighted by molar-refractivity contribution is 8.00. The summed E-state index contributed by atoms with van der Waals surface area (Å²) >= 11 is 6.43. The topological polar surface area (TPSA) is 122 Å². The lowest BCUT2D eigenvalue weighted by Crippen LogP contribution is -2.13. The summed E-state index contributed by atoms with van der Waals surface area (Å²) in [7, 11) is 0. The monoisotopic (exact) mass is 660 g/mol. The quantitative estimate of drug-likeness (QED) is 0.0392. The Hall–Kier alpha value is -3.90. The molecule has 7 nitrogen and oxygen atoms in total. The van der Waals surface area contributed by atoms with E-state index in [0.717, 1.165) is 49.4 Å². The molecule has 0 spiro atoms. The molecule has 0 saturated carbocycles.